The summed E-state index contributed by atoms with van der Waals surface area (Å²) >= 11 is 6.08. The van der Waals surface area contributed by atoms with Crippen molar-refractivity contribution < 1.29 is 9.59 Å². The minimum absolute atomic E-state index is 0.0810. The van der Waals surface area contributed by atoms with E-state index in [2.05, 4.69) is 15.3 Å². The third-order valence-corrected chi connectivity index (χ3v) is 6.05. The number of aromatic amines is 1. The maximum absolute atomic E-state index is 13.3. The molecule has 2 N–H and O–H groups in total. The van der Waals surface area contributed by atoms with Crippen molar-refractivity contribution in [2.75, 3.05) is 11.4 Å². The van der Waals surface area contributed by atoms with E-state index in [4.69, 9.17) is 11.6 Å². The Morgan fingerprint density at radius 3 is 2.72 bits per heavy atom. The first-order valence-corrected chi connectivity index (χ1v) is 10.8. The fraction of sp³-hybridized carbons (Fsp3) is 0.160. The van der Waals surface area contributed by atoms with E-state index in [1.54, 1.807) is 29.4 Å². The minimum Gasteiger partial charge on any atom is -0.345 e. The lowest BCUT2D eigenvalue weighted by Crippen LogP contribution is -2.36. The normalized spacial score (nSPS) is 17.0. The molecule has 0 bridgehead atoms. The quantitative estimate of drug-likeness (QED) is 0.476. The third-order valence-electron chi connectivity index (χ3n) is 5.81. The summed E-state index contributed by atoms with van der Waals surface area (Å²) in [6.07, 6.45) is 1.82. The van der Waals surface area contributed by atoms with Crippen molar-refractivity contribution in [1.29, 1.82) is 0 Å². The number of carbonyl (C=O) groups excluding carboxylic acids is 2. The molecule has 0 unspecified atom stereocenters. The third kappa shape index (κ3) is 3.97. The number of benzene rings is 3. The van der Waals surface area contributed by atoms with Crippen LogP contribution in [0.15, 0.2) is 79.1 Å². The molecule has 0 aliphatic carbocycles. The van der Waals surface area contributed by atoms with Gasteiger partial charge in [-0.15, -0.1) is 0 Å². The fourth-order valence-electron chi connectivity index (χ4n) is 4.17. The van der Waals surface area contributed by atoms with Crippen LogP contribution in [0.3, 0.4) is 0 Å². The summed E-state index contributed by atoms with van der Waals surface area (Å²) in [4.78, 5) is 34.9. The van der Waals surface area contributed by atoms with E-state index in [0.29, 0.717) is 17.3 Å². The predicted octanol–water partition coefficient (Wildman–Crippen LogP) is 4.48. The van der Waals surface area contributed by atoms with Crippen LogP contribution in [-0.4, -0.2) is 28.3 Å². The summed E-state index contributed by atoms with van der Waals surface area (Å²) in [7, 11) is 0. The summed E-state index contributed by atoms with van der Waals surface area (Å²) in [5, 5.41) is 3.73. The zero-order chi connectivity index (χ0) is 22.1. The second kappa shape index (κ2) is 8.48. The lowest BCUT2D eigenvalue weighted by atomic mass is 9.97. The molecular weight excluding hydrogens is 424 g/mol. The van der Waals surface area contributed by atoms with Crippen molar-refractivity contribution >= 4 is 40.1 Å². The molecule has 4 aromatic rings. The van der Waals surface area contributed by atoms with E-state index < -0.39 is 5.92 Å². The molecule has 0 saturated carbocycles. The molecule has 2 atom stereocenters. The van der Waals surface area contributed by atoms with Gasteiger partial charge in [-0.2, -0.15) is 0 Å². The molecule has 3 aromatic carbocycles. The maximum atomic E-state index is 13.3. The average molecular weight is 445 g/mol. The van der Waals surface area contributed by atoms with Gasteiger partial charge in [0.1, 0.15) is 0 Å². The summed E-state index contributed by atoms with van der Waals surface area (Å²) in [5.41, 5.74) is 4.39. The number of hydrogen-bond donors (Lipinski definition) is 2. The van der Waals surface area contributed by atoms with Crippen LogP contribution in [0.5, 0.6) is 0 Å². The number of amides is 2. The molecule has 2 heterocycles. The first-order chi connectivity index (χ1) is 15.6. The van der Waals surface area contributed by atoms with E-state index in [9.17, 15) is 9.59 Å². The number of nitrogens with zero attached hydrogens (tertiary/aromatic N) is 2. The Hall–Kier alpha value is -3.64. The van der Waals surface area contributed by atoms with Gasteiger partial charge in [-0.25, -0.2) is 4.98 Å². The smallest absolute Gasteiger partial charge is 0.227 e. The van der Waals surface area contributed by atoms with Crippen LogP contribution in [0, 0.1) is 5.92 Å². The predicted molar refractivity (Wildman–Crippen MR) is 124 cm³/mol. The Morgan fingerprint density at radius 1 is 1.06 bits per heavy atom. The first-order valence-electron chi connectivity index (χ1n) is 10.4. The number of hydrogen-bond acceptors (Lipinski definition) is 3. The van der Waals surface area contributed by atoms with Crippen LogP contribution in [0.1, 0.15) is 23.6 Å². The van der Waals surface area contributed by atoms with Crippen molar-refractivity contribution in [2.45, 2.75) is 12.5 Å². The van der Waals surface area contributed by atoms with Crippen LogP contribution in [0.25, 0.3) is 11.0 Å². The lowest BCUT2D eigenvalue weighted by Gasteiger charge is -2.22. The van der Waals surface area contributed by atoms with Crippen molar-refractivity contribution in [2.24, 2.45) is 5.92 Å². The SMILES string of the molecule is O=C(N[C@@H](c1ccccc1)c1ccc2nc[nH]c2c1)[C@@H]1CC(=O)N(c2cccc(Cl)c2)C1. The fourth-order valence-corrected chi connectivity index (χ4v) is 4.36. The highest BCUT2D eigenvalue weighted by atomic mass is 35.5. The molecule has 1 aromatic heterocycles. The highest BCUT2D eigenvalue weighted by Crippen LogP contribution is 2.29. The molecule has 32 heavy (non-hydrogen) atoms. The lowest BCUT2D eigenvalue weighted by molar-refractivity contribution is -0.126. The molecule has 7 heteroatoms. The van der Waals surface area contributed by atoms with Gasteiger partial charge >= 0.3 is 0 Å². The standard InChI is InChI=1S/C25H21ClN4O2/c26-19-7-4-8-20(13-19)30-14-18(12-23(30)31)25(32)29-24(16-5-2-1-3-6-16)17-9-10-21-22(11-17)28-15-27-21/h1-11,13,15,18,24H,12,14H2,(H,27,28)(H,29,32)/t18-,24+/m1/s1. The molecule has 1 aliphatic heterocycles. The summed E-state index contributed by atoms with van der Waals surface area (Å²) in [6, 6.07) is 22.5. The summed E-state index contributed by atoms with van der Waals surface area (Å²) in [5.74, 6) is -0.674. The summed E-state index contributed by atoms with van der Waals surface area (Å²) < 4.78 is 0. The number of fused-ring (bicyclic) bond motifs is 1. The monoisotopic (exact) mass is 444 g/mol. The van der Waals surface area contributed by atoms with Gasteiger partial charge in [-0.3, -0.25) is 9.59 Å². The van der Waals surface area contributed by atoms with Crippen molar-refractivity contribution in [3.8, 4) is 0 Å². The zero-order valence-corrected chi connectivity index (χ0v) is 17.9. The number of halogens is 1. The van der Waals surface area contributed by atoms with E-state index in [1.165, 1.54) is 0 Å². The highest BCUT2D eigenvalue weighted by Gasteiger charge is 2.36. The van der Waals surface area contributed by atoms with Crippen molar-refractivity contribution in [3.63, 3.8) is 0 Å². The number of carbonyl (C=O) groups is 2. The minimum atomic E-state index is -0.441. The van der Waals surface area contributed by atoms with Gasteiger partial charge in [0.05, 0.1) is 29.3 Å². The molecule has 160 valence electrons. The van der Waals surface area contributed by atoms with Crippen LogP contribution in [-0.2, 0) is 9.59 Å². The molecule has 1 saturated heterocycles. The molecule has 6 nitrogen and oxygen atoms in total. The molecule has 0 radical (unpaired) electrons. The Bertz CT molecular complexity index is 1290. The van der Waals surface area contributed by atoms with Crippen LogP contribution in [0.4, 0.5) is 5.69 Å². The van der Waals surface area contributed by atoms with Crippen molar-refractivity contribution in [1.82, 2.24) is 15.3 Å². The number of rotatable bonds is 5. The molecule has 1 fully saturated rings. The van der Waals surface area contributed by atoms with Gasteiger partial charge in [0.25, 0.3) is 0 Å². The summed E-state index contributed by atoms with van der Waals surface area (Å²) in [6.45, 7) is 0.325. The van der Waals surface area contributed by atoms with E-state index in [1.807, 2.05) is 54.6 Å². The van der Waals surface area contributed by atoms with Gasteiger partial charge < -0.3 is 15.2 Å². The number of nitrogens with one attached hydrogen (secondary N) is 2. The number of H-pyrrole nitrogens is 1. The van der Waals surface area contributed by atoms with Gasteiger partial charge in [-0.05, 0) is 41.5 Å². The van der Waals surface area contributed by atoms with Crippen LogP contribution < -0.4 is 10.2 Å². The van der Waals surface area contributed by atoms with Gasteiger partial charge in [0.15, 0.2) is 0 Å². The number of aromatic nitrogens is 2. The highest BCUT2D eigenvalue weighted by molar-refractivity contribution is 6.31. The Balaban J connectivity index is 1.40. The molecule has 2 amide bonds. The number of anilines is 1. The van der Waals surface area contributed by atoms with Gasteiger partial charge in [-0.1, -0.05) is 54.1 Å². The van der Waals surface area contributed by atoms with E-state index in [0.717, 1.165) is 22.2 Å². The Kier molecular flexibility index (Phi) is 5.37. The second-order valence-corrected chi connectivity index (χ2v) is 8.35. The molecular formula is C25H21ClN4O2. The zero-order valence-electron chi connectivity index (χ0n) is 17.2. The number of imidazole rings is 1. The maximum Gasteiger partial charge on any atom is 0.227 e. The topological polar surface area (TPSA) is 78.1 Å². The molecule has 0 spiro atoms. The second-order valence-electron chi connectivity index (χ2n) is 7.92. The van der Waals surface area contributed by atoms with Crippen molar-refractivity contribution in [3.05, 3.63) is 95.3 Å². The Morgan fingerprint density at radius 2 is 1.91 bits per heavy atom. The van der Waals surface area contributed by atoms with E-state index >= 15 is 0 Å². The molecule has 1 aliphatic rings. The van der Waals surface area contributed by atoms with Crippen LogP contribution >= 0.6 is 11.6 Å². The first kappa shape index (κ1) is 20.3. The Labute approximate surface area is 190 Å². The molecule has 5 rings (SSSR count). The van der Waals surface area contributed by atoms with Gasteiger partial charge in [0.2, 0.25) is 11.8 Å². The van der Waals surface area contributed by atoms with Crippen LogP contribution in [0.2, 0.25) is 5.02 Å². The average Bonchev–Trinajstić information content (AvgIpc) is 3.44. The van der Waals surface area contributed by atoms with Gasteiger partial charge in [0, 0.05) is 23.7 Å². The largest absolute Gasteiger partial charge is 0.345 e. The van der Waals surface area contributed by atoms with E-state index in [-0.39, 0.29) is 24.3 Å².